The van der Waals surface area contributed by atoms with Gasteiger partial charge in [-0.05, 0) is 42.8 Å². The van der Waals surface area contributed by atoms with Gasteiger partial charge in [-0.2, -0.15) is 0 Å². The van der Waals surface area contributed by atoms with Crippen LogP contribution in [0.5, 0.6) is 5.75 Å². The number of nitrogens with one attached hydrogen (secondary N) is 2. The lowest BCUT2D eigenvalue weighted by atomic mass is 10.2. The number of H-pyrrole nitrogens is 1. The third-order valence-corrected chi connectivity index (χ3v) is 3.55. The smallest absolute Gasteiger partial charge is 0.326 e. The van der Waals surface area contributed by atoms with E-state index in [0.717, 1.165) is 11.1 Å². The van der Waals surface area contributed by atoms with Gasteiger partial charge in [0.25, 0.3) is 5.91 Å². The molecular formula is C17H17N3O3. The van der Waals surface area contributed by atoms with Gasteiger partial charge in [-0.1, -0.05) is 12.1 Å². The van der Waals surface area contributed by atoms with E-state index >= 15 is 0 Å². The Bertz CT molecular complexity index is 924. The van der Waals surface area contributed by atoms with Gasteiger partial charge in [-0.3, -0.25) is 9.36 Å². The summed E-state index contributed by atoms with van der Waals surface area (Å²) in [5.41, 5.74) is 2.95. The molecule has 0 bridgehead atoms. The molecular weight excluding hydrogens is 294 g/mol. The number of imidazole rings is 1. The highest BCUT2D eigenvalue weighted by molar-refractivity contribution is 5.94. The van der Waals surface area contributed by atoms with Crippen molar-refractivity contribution in [2.75, 3.05) is 11.9 Å². The minimum atomic E-state index is -0.260. The van der Waals surface area contributed by atoms with Crippen molar-refractivity contribution in [3.05, 3.63) is 58.5 Å². The fourth-order valence-electron chi connectivity index (χ4n) is 2.37. The van der Waals surface area contributed by atoms with Gasteiger partial charge in [0.05, 0.1) is 11.0 Å². The molecule has 23 heavy (non-hydrogen) atoms. The number of rotatable bonds is 4. The zero-order valence-corrected chi connectivity index (χ0v) is 12.9. The van der Waals surface area contributed by atoms with Crippen LogP contribution in [0, 0.1) is 6.92 Å². The number of anilines is 1. The third kappa shape index (κ3) is 3.26. The first-order valence-corrected chi connectivity index (χ1v) is 7.21. The Kier molecular flexibility index (Phi) is 3.89. The molecule has 0 saturated heterocycles. The maximum atomic E-state index is 12.0. The van der Waals surface area contributed by atoms with Crippen molar-refractivity contribution < 1.29 is 9.53 Å². The van der Waals surface area contributed by atoms with Crippen molar-refractivity contribution >= 4 is 22.6 Å². The van der Waals surface area contributed by atoms with Gasteiger partial charge >= 0.3 is 5.69 Å². The van der Waals surface area contributed by atoms with E-state index in [4.69, 9.17) is 4.74 Å². The molecule has 0 aliphatic rings. The van der Waals surface area contributed by atoms with Crippen molar-refractivity contribution in [3.63, 3.8) is 0 Å². The number of benzene rings is 2. The summed E-state index contributed by atoms with van der Waals surface area (Å²) in [6.07, 6.45) is 0. The molecule has 3 aromatic rings. The highest BCUT2D eigenvalue weighted by atomic mass is 16.5. The molecule has 0 aliphatic carbocycles. The number of carbonyl (C=O) groups excluding carboxylic acids is 1. The van der Waals surface area contributed by atoms with E-state index in [2.05, 4.69) is 10.3 Å². The lowest BCUT2D eigenvalue weighted by Gasteiger charge is -2.08. The average Bonchev–Trinajstić information content (AvgIpc) is 2.80. The fraction of sp³-hybridized carbons (Fsp3) is 0.176. The van der Waals surface area contributed by atoms with Gasteiger partial charge in [-0.25, -0.2) is 4.79 Å². The molecule has 0 saturated carbocycles. The summed E-state index contributed by atoms with van der Waals surface area (Å²) in [4.78, 5) is 26.3. The summed E-state index contributed by atoms with van der Waals surface area (Å²) in [6.45, 7) is 1.88. The van der Waals surface area contributed by atoms with Crippen LogP contribution in [0.25, 0.3) is 11.0 Å². The predicted molar refractivity (Wildman–Crippen MR) is 88.8 cm³/mol. The van der Waals surface area contributed by atoms with Crippen LogP contribution in [-0.2, 0) is 11.8 Å². The number of aryl methyl sites for hydroxylation is 2. The van der Waals surface area contributed by atoms with E-state index in [1.165, 1.54) is 4.57 Å². The van der Waals surface area contributed by atoms with E-state index in [-0.39, 0.29) is 18.2 Å². The molecule has 0 aliphatic heterocycles. The van der Waals surface area contributed by atoms with Gasteiger partial charge < -0.3 is 15.0 Å². The molecule has 6 nitrogen and oxygen atoms in total. The van der Waals surface area contributed by atoms with Crippen LogP contribution in [0.2, 0.25) is 0 Å². The summed E-state index contributed by atoms with van der Waals surface area (Å²) >= 11 is 0. The SMILES string of the molecule is Cc1cccc(OCC(=O)Nc2ccc3c(c2)[nH]c(=O)n3C)c1. The summed E-state index contributed by atoms with van der Waals surface area (Å²) in [5.74, 6) is 0.395. The molecule has 1 aromatic heterocycles. The largest absolute Gasteiger partial charge is 0.484 e. The molecule has 0 spiro atoms. The third-order valence-electron chi connectivity index (χ3n) is 3.55. The standard InChI is InChI=1S/C17H17N3O3/c1-11-4-3-5-13(8-11)23-10-16(21)18-12-6-7-15-14(9-12)19-17(22)20(15)2/h3-9H,10H2,1-2H3,(H,18,21)(H,19,22). The van der Waals surface area contributed by atoms with Gasteiger partial charge in [0.2, 0.25) is 0 Å². The van der Waals surface area contributed by atoms with Crippen molar-refractivity contribution in [2.45, 2.75) is 6.92 Å². The number of hydrogen-bond donors (Lipinski definition) is 2. The quantitative estimate of drug-likeness (QED) is 0.775. The van der Waals surface area contributed by atoms with Crippen LogP contribution in [0.3, 0.4) is 0 Å². The molecule has 2 N–H and O–H groups in total. The monoisotopic (exact) mass is 311 g/mol. The number of aromatic nitrogens is 2. The minimum Gasteiger partial charge on any atom is -0.484 e. The molecule has 1 amide bonds. The van der Waals surface area contributed by atoms with Gasteiger partial charge in [0.1, 0.15) is 5.75 Å². The van der Waals surface area contributed by atoms with Gasteiger partial charge in [-0.15, -0.1) is 0 Å². The first kappa shape index (κ1) is 14.9. The van der Waals surface area contributed by atoms with Gasteiger partial charge in [0, 0.05) is 12.7 Å². The molecule has 6 heteroatoms. The molecule has 0 unspecified atom stereocenters. The predicted octanol–water partition coefficient (Wildman–Crippen LogP) is 2.19. The normalized spacial score (nSPS) is 10.7. The minimum absolute atomic E-state index is 0.0766. The van der Waals surface area contributed by atoms with Crippen LogP contribution >= 0.6 is 0 Å². The second kappa shape index (κ2) is 6.00. The van der Waals surface area contributed by atoms with Crippen molar-refractivity contribution in [3.8, 4) is 5.75 Å². The van der Waals surface area contributed by atoms with Crippen LogP contribution < -0.4 is 15.7 Å². The maximum Gasteiger partial charge on any atom is 0.326 e. The van der Waals surface area contributed by atoms with Crippen LogP contribution in [-0.4, -0.2) is 22.1 Å². The Hall–Kier alpha value is -3.02. The highest BCUT2D eigenvalue weighted by Crippen LogP contribution is 2.16. The number of aromatic amines is 1. The van der Waals surface area contributed by atoms with Crippen molar-refractivity contribution in [2.24, 2.45) is 7.05 Å². The second-order valence-electron chi connectivity index (χ2n) is 5.37. The summed E-state index contributed by atoms with van der Waals surface area (Å²) in [7, 11) is 1.69. The zero-order chi connectivity index (χ0) is 16.4. The Morgan fingerprint density at radius 3 is 2.87 bits per heavy atom. The van der Waals surface area contributed by atoms with Crippen LogP contribution in [0.4, 0.5) is 5.69 Å². The first-order valence-electron chi connectivity index (χ1n) is 7.21. The van der Waals surface area contributed by atoms with Gasteiger partial charge in [0.15, 0.2) is 6.61 Å². The Labute approximate surface area is 132 Å². The number of nitrogens with zero attached hydrogens (tertiary/aromatic N) is 1. The Morgan fingerprint density at radius 2 is 2.09 bits per heavy atom. The van der Waals surface area contributed by atoms with E-state index in [0.29, 0.717) is 17.0 Å². The first-order chi connectivity index (χ1) is 11.0. The fourth-order valence-corrected chi connectivity index (χ4v) is 2.37. The second-order valence-corrected chi connectivity index (χ2v) is 5.37. The molecule has 2 aromatic carbocycles. The molecule has 0 radical (unpaired) electrons. The molecule has 118 valence electrons. The molecule has 0 fully saturated rings. The lowest BCUT2D eigenvalue weighted by molar-refractivity contribution is -0.118. The van der Waals surface area contributed by atoms with E-state index < -0.39 is 0 Å². The molecule has 1 heterocycles. The zero-order valence-electron chi connectivity index (χ0n) is 12.9. The molecule has 3 rings (SSSR count). The van der Waals surface area contributed by atoms with E-state index in [1.807, 2.05) is 25.1 Å². The summed E-state index contributed by atoms with van der Waals surface area (Å²) < 4.78 is 6.97. The number of amides is 1. The highest BCUT2D eigenvalue weighted by Gasteiger charge is 2.07. The summed E-state index contributed by atoms with van der Waals surface area (Å²) in [6, 6.07) is 12.8. The van der Waals surface area contributed by atoms with Crippen molar-refractivity contribution in [1.82, 2.24) is 9.55 Å². The van der Waals surface area contributed by atoms with E-state index in [1.54, 1.807) is 31.3 Å². The Balaban J connectivity index is 1.67. The maximum absolute atomic E-state index is 12.0. The topological polar surface area (TPSA) is 76.1 Å². The number of carbonyl (C=O) groups is 1. The van der Waals surface area contributed by atoms with Crippen LogP contribution in [0.15, 0.2) is 47.3 Å². The number of ether oxygens (including phenoxy) is 1. The van der Waals surface area contributed by atoms with E-state index in [9.17, 15) is 9.59 Å². The number of fused-ring (bicyclic) bond motifs is 1. The molecule has 0 atom stereocenters. The lowest BCUT2D eigenvalue weighted by Crippen LogP contribution is -2.20. The number of hydrogen-bond acceptors (Lipinski definition) is 3. The van der Waals surface area contributed by atoms with Crippen molar-refractivity contribution in [1.29, 1.82) is 0 Å². The Morgan fingerprint density at radius 1 is 1.26 bits per heavy atom. The summed E-state index contributed by atoms with van der Waals surface area (Å²) in [5, 5.41) is 2.75. The average molecular weight is 311 g/mol. The van der Waals surface area contributed by atoms with Crippen LogP contribution in [0.1, 0.15) is 5.56 Å².